The topological polar surface area (TPSA) is 122 Å². The average molecular weight is 683 g/mol. The number of imidazole rings is 1. The van der Waals surface area contributed by atoms with Gasteiger partial charge in [0.2, 0.25) is 5.95 Å². The van der Waals surface area contributed by atoms with Gasteiger partial charge in [0.25, 0.3) is 0 Å². The molecule has 0 unspecified atom stereocenters. The molecule has 0 aromatic carbocycles. The number of anilines is 2. The van der Waals surface area contributed by atoms with Crippen molar-refractivity contribution in [2.75, 3.05) is 37.5 Å². The first-order chi connectivity index (χ1) is 21.5. The van der Waals surface area contributed by atoms with Crippen LogP contribution in [0.5, 0.6) is 0 Å². The Morgan fingerprint density at radius 1 is 1.09 bits per heavy atom. The van der Waals surface area contributed by atoms with Crippen LogP contribution in [0, 0.1) is 0 Å². The number of amides is 1. The van der Waals surface area contributed by atoms with E-state index >= 15 is 4.39 Å². The molecule has 1 amide bonds. The highest BCUT2D eigenvalue weighted by Crippen LogP contribution is 2.52. The first kappa shape index (κ1) is 36.7. The Labute approximate surface area is 275 Å². The van der Waals surface area contributed by atoms with Gasteiger partial charge >= 0.3 is 23.2 Å². The van der Waals surface area contributed by atoms with Crippen LogP contribution in [0.3, 0.4) is 0 Å². The summed E-state index contributed by atoms with van der Waals surface area (Å²) in [6.45, 7) is 21.0. The summed E-state index contributed by atoms with van der Waals surface area (Å²) in [5.41, 5.74) is -0.898. The van der Waals surface area contributed by atoms with E-state index in [1.54, 1.807) is 9.47 Å². The predicted octanol–water partition coefficient (Wildman–Crippen LogP) is 7.21. The zero-order valence-electron chi connectivity index (χ0n) is 29.7. The third-order valence-electron chi connectivity index (χ3n) is 9.28. The summed E-state index contributed by atoms with van der Waals surface area (Å²) in [5.74, 6) is 0.477. The van der Waals surface area contributed by atoms with Crippen LogP contribution in [0.25, 0.3) is 11.2 Å². The summed E-state index contributed by atoms with van der Waals surface area (Å²) >= 11 is 0. The predicted molar refractivity (Wildman–Crippen MR) is 181 cm³/mol. The number of ether oxygens (including phenoxy) is 2. The van der Waals surface area contributed by atoms with Crippen molar-refractivity contribution in [3.63, 3.8) is 0 Å². The largest absolute Gasteiger partial charge is 0.449 e. The van der Waals surface area contributed by atoms with Gasteiger partial charge < -0.3 is 27.3 Å². The lowest BCUT2D eigenvalue weighted by Gasteiger charge is -2.51. The maximum absolute atomic E-state index is 17.4. The number of nitrogens with one attached hydrogen (secondary N) is 1. The molecule has 2 aliphatic heterocycles. The molecule has 260 valence electrons. The van der Waals surface area contributed by atoms with Gasteiger partial charge in [0.05, 0.1) is 19.5 Å². The number of aromatic nitrogens is 4. The van der Waals surface area contributed by atoms with Gasteiger partial charge in [-0.3, -0.25) is 9.88 Å². The molecule has 2 aromatic heterocycles. The van der Waals surface area contributed by atoms with Gasteiger partial charge in [-0.05, 0) is 35.5 Å². The summed E-state index contributed by atoms with van der Waals surface area (Å²) in [5, 5.41) is 2.63. The number of unbranched alkanes of at least 4 members (excludes halogenated alkanes) is 2. The number of alkyl halides is 1. The standard InChI is InChI=1S/C31H55FN6O6Si2/c1-13-14-15-16-40-30(39)36-29-34-26(37(11)12)24-27(35-29)38(18-33-24)28-31(10,32)25-23(42-28)17-41-45(19(2)3,20(4)5)44-46(43-25,21(6)7)22(8)9/h18-23,25,28H,13-17H2,1-12H3,(H,34,35,36,39)/t23-,25-,28-,31-/m1/s1. The fourth-order valence-electron chi connectivity index (χ4n) is 6.74. The number of hydrogen-bond donors (Lipinski definition) is 1. The first-order valence-electron chi connectivity index (χ1n) is 16.7. The van der Waals surface area contributed by atoms with Crippen LogP contribution < -0.4 is 10.2 Å². The molecule has 0 saturated carbocycles. The molecule has 2 aliphatic rings. The highest BCUT2D eigenvalue weighted by molar-refractivity contribution is 6.84. The number of halogens is 1. The number of hydrogen-bond acceptors (Lipinski definition) is 10. The third kappa shape index (κ3) is 6.72. The zero-order valence-corrected chi connectivity index (χ0v) is 31.7. The van der Waals surface area contributed by atoms with Crippen molar-refractivity contribution >= 4 is 46.1 Å². The van der Waals surface area contributed by atoms with Crippen LogP contribution in [-0.2, 0) is 22.4 Å². The second-order valence-corrected chi connectivity index (χ2v) is 23.1. The molecule has 15 heteroatoms. The molecular formula is C31H55FN6O6Si2. The summed E-state index contributed by atoms with van der Waals surface area (Å²) in [6.07, 6.45) is 0.798. The fraction of sp³-hybridized carbons (Fsp3) is 0.806. The normalized spacial score (nSPS) is 26.1. The number of nitrogens with zero attached hydrogens (tertiary/aromatic N) is 5. The Kier molecular flexibility index (Phi) is 11.3. The molecule has 4 rings (SSSR count). The monoisotopic (exact) mass is 682 g/mol. The van der Waals surface area contributed by atoms with Crippen LogP contribution in [0.1, 0.15) is 94.7 Å². The molecule has 0 aliphatic carbocycles. The van der Waals surface area contributed by atoms with Gasteiger partial charge in [0, 0.05) is 14.1 Å². The second-order valence-electron chi connectivity index (χ2n) is 14.2. The third-order valence-corrected chi connectivity index (χ3v) is 19.5. The smallest absolute Gasteiger partial charge is 0.414 e. The van der Waals surface area contributed by atoms with Crippen LogP contribution in [0.15, 0.2) is 6.33 Å². The summed E-state index contributed by atoms with van der Waals surface area (Å²) < 4.78 is 52.1. The molecule has 46 heavy (non-hydrogen) atoms. The molecule has 0 radical (unpaired) electrons. The lowest BCUT2D eigenvalue weighted by atomic mass is 9.98. The van der Waals surface area contributed by atoms with Gasteiger partial charge in [0.1, 0.15) is 12.2 Å². The summed E-state index contributed by atoms with van der Waals surface area (Å²) in [7, 11) is -2.31. The van der Waals surface area contributed by atoms with Gasteiger partial charge in [-0.25, -0.2) is 14.2 Å². The molecule has 2 fully saturated rings. The first-order valence-corrected chi connectivity index (χ1v) is 20.7. The SMILES string of the molecule is CCCCCOC(=O)Nc1nc(N(C)C)c2ncn([C@@H]3O[C@@H]4CO[Si](C(C)C)(C(C)C)O[Si](C(C)C)(C(C)C)O[C@H]4[C@@]3(C)F)c2n1. The molecule has 4 heterocycles. The van der Waals surface area contributed by atoms with Gasteiger partial charge in [-0.2, -0.15) is 9.97 Å². The van der Waals surface area contributed by atoms with Crippen LogP contribution in [0.4, 0.5) is 21.0 Å². The minimum atomic E-state index is -3.09. The van der Waals surface area contributed by atoms with E-state index in [-0.39, 0.29) is 34.7 Å². The zero-order chi connectivity index (χ0) is 34.2. The maximum atomic E-state index is 17.4. The number of fused-ring (bicyclic) bond motifs is 2. The fourth-order valence-corrected chi connectivity index (χ4v) is 18.0. The number of rotatable bonds is 11. The molecule has 1 N–H and O–H groups in total. The van der Waals surface area contributed by atoms with E-state index in [2.05, 4.69) is 82.6 Å². The van der Waals surface area contributed by atoms with Crippen molar-refractivity contribution in [1.29, 1.82) is 0 Å². The van der Waals surface area contributed by atoms with E-state index in [4.69, 9.17) is 22.4 Å². The van der Waals surface area contributed by atoms with Crippen molar-refractivity contribution in [3.8, 4) is 0 Å². The van der Waals surface area contributed by atoms with Crippen molar-refractivity contribution in [3.05, 3.63) is 6.33 Å². The quantitative estimate of drug-likeness (QED) is 0.192. The van der Waals surface area contributed by atoms with Gasteiger partial charge in [0.15, 0.2) is 28.9 Å². The van der Waals surface area contributed by atoms with Crippen molar-refractivity contribution in [1.82, 2.24) is 19.5 Å². The van der Waals surface area contributed by atoms with Gasteiger partial charge in [-0.1, -0.05) is 75.2 Å². The van der Waals surface area contributed by atoms with Gasteiger partial charge in [-0.15, -0.1) is 0 Å². The Morgan fingerprint density at radius 3 is 2.28 bits per heavy atom. The molecular weight excluding hydrogens is 628 g/mol. The highest BCUT2D eigenvalue weighted by Gasteiger charge is 2.65. The van der Waals surface area contributed by atoms with Crippen LogP contribution in [-0.4, -0.2) is 87.9 Å². The minimum Gasteiger partial charge on any atom is -0.449 e. The van der Waals surface area contributed by atoms with Crippen LogP contribution in [0.2, 0.25) is 22.2 Å². The van der Waals surface area contributed by atoms with Crippen molar-refractivity contribution in [2.24, 2.45) is 0 Å². The lowest BCUT2D eigenvalue weighted by molar-refractivity contribution is -0.0594. The summed E-state index contributed by atoms with van der Waals surface area (Å²) in [6, 6.07) is 0. The molecule has 4 atom stereocenters. The summed E-state index contributed by atoms with van der Waals surface area (Å²) in [4.78, 5) is 28.0. The number of carbonyl (C=O) groups excluding carboxylic acids is 1. The second kappa shape index (κ2) is 14.1. The minimum absolute atomic E-state index is 0.0201. The Hall–Kier alpha value is -2.18. The van der Waals surface area contributed by atoms with E-state index < -0.39 is 47.3 Å². The lowest BCUT2D eigenvalue weighted by Crippen LogP contribution is -2.66. The number of carbonyl (C=O) groups is 1. The highest BCUT2D eigenvalue weighted by atomic mass is 28.5. The van der Waals surface area contributed by atoms with E-state index in [9.17, 15) is 4.79 Å². The molecule has 0 bridgehead atoms. The molecule has 2 saturated heterocycles. The Balaban J connectivity index is 1.76. The van der Waals surface area contributed by atoms with E-state index in [0.29, 0.717) is 23.6 Å². The van der Waals surface area contributed by atoms with Crippen molar-refractivity contribution < 1.29 is 31.6 Å². The van der Waals surface area contributed by atoms with E-state index in [1.807, 2.05) is 14.1 Å². The molecule has 0 spiro atoms. The Bertz CT molecular complexity index is 1340. The molecule has 12 nitrogen and oxygen atoms in total. The molecule has 2 aromatic rings. The van der Waals surface area contributed by atoms with E-state index in [0.717, 1.165) is 19.3 Å². The van der Waals surface area contributed by atoms with Crippen molar-refractivity contribution in [2.45, 2.75) is 135 Å². The van der Waals surface area contributed by atoms with Crippen LogP contribution >= 0.6 is 0 Å². The average Bonchev–Trinajstić information content (AvgIpc) is 3.47. The maximum Gasteiger partial charge on any atom is 0.414 e. The Morgan fingerprint density at radius 2 is 1.72 bits per heavy atom. The van der Waals surface area contributed by atoms with E-state index in [1.165, 1.54) is 13.3 Å².